The minimum Gasteiger partial charge on any atom is -0.316 e. The van der Waals surface area contributed by atoms with Gasteiger partial charge in [0.1, 0.15) is 6.29 Å². The lowest BCUT2D eigenvalue weighted by atomic mass is 9.63. The summed E-state index contributed by atoms with van der Waals surface area (Å²) in [6.07, 6.45) is 2.94. The van der Waals surface area contributed by atoms with Crippen LogP contribution in [0.25, 0.3) is 0 Å². The van der Waals surface area contributed by atoms with Crippen molar-refractivity contribution in [1.29, 1.82) is 0 Å². The van der Waals surface area contributed by atoms with Gasteiger partial charge in [-0.1, -0.05) is 36.4 Å². The molecule has 24 heavy (non-hydrogen) atoms. The van der Waals surface area contributed by atoms with E-state index in [9.17, 15) is 13.6 Å². The zero-order valence-electron chi connectivity index (χ0n) is 13.5. The number of aldehydes is 1. The molecule has 2 aromatic carbocycles. The first-order chi connectivity index (χ1) is 11.6. The van der Waals surface area contributed by atoms with Crippen molar-refractivity contribution in [2.24, 2.45) is 5.41 Å². The monoisotopic (exact) mass is 329 g/mol. The van der Waals surface area contributed by atoms with Crippen molar-refractivity contribution in [2.75, 3.05) is 13.1 Å². The molecule has 1 saturated heterocycles. The molecule has 0 saturated carbocycles. The van der Waals surface area contributed by atoms with Crippen LogP contribution >= 0.6 is 0 Å². The third-order valence-corrected chi connectivity index (χ3v) is 5.12. The molecule has 1 heterocycles. The summed E-state index contributed by atoms with van der Waals surface area (Å²) in [5.74, 6) is -1.71. The van der Waals surface area contributed by atoms with E-state index in [0.717, 1.165) is 36.8 Å². The zero-order valence-corrected chi connectivity index (χ0v) is 13.5. The maximum absolute atomic E-state index is 13.7. The molecule has 1 aliphatic rings. The van der Waals surface area contributed by atoms with E-state index in [1.165, 1.54) is 12.1 Å². The van der Waals surface area contributed by atoms with Crippen LogP contribution in [0.3, 0.4) is 0 Å². The molecule has 126 valence electrons. The molecule has 1 N–H and O–H groups in total. The summed E-state index contributed by atoms with van der Waals surface area (Å²) in [5.41, 5.74) is 1.63. The highest BCUT2D eigenvalue weighted by Crippen LogP contribution is 2.46. The predicted molar refractivity (Wildman–Crippen MR) is 89.8 cm³/mol. The van der Waals surface area contributed by atoms with Crippen LogP contribution in [-0.4, -0.2) is 19.4 Å². The molecule has 0 bridgehead atoms. The summed E-state index contributed by atoms with van der Waals surface area (Å²) in [4.78, 5) is 11.4. The molecule has 0 spiro atoms. The summed E-state index contributed by atoms with van der Waals surface area (Å²) >= 11 is 0. The molecule has 0 amide bonds. The van der Waals surface area contributed by atoms with Gasteiger partial charge < -0.3 is 10.1 Å². The zero-order chi connectivity index (χ0) is 17.0. The Kier molecular flexibility index (Phi) is 5.05. The molecule has 2 atom stereocenters. The van der Waals surface area contributed by atoms with Gasteiger partial charge in [-0.25, -0.2) is 8.78 Å². The summed E-state index contributed by atoms with van der Waals surface area (Å²) in [6.45, 7) is 1.48. The highest BCUT2D eigenvalue weighted by atomic mass is 19.2. The lowest BCUT2D eigenvalue weighted by Gasteiger charge is -2.44. The van der Waals surface area contributed by atoms with Gasteiger partial charge in [-0.3, -0.25) is 0 Å². The van der Waals surface area contributed by atoms with Gasteiger partial charge in [-0.15, -0.1) is 0 Å². The molecule has 2 nitrogen and oxygen atoms in total. The Labute approximate surface area is 140 Å². The van der Waals surface area contributed by atoms with E-state index in [2.05, 4.69) is 17.4 Å². The van der Waals surface area contributed by atoms with E-state index in [1.807, 2.05) is 18.2 Å². The average molecular weight is 329 g/mol. The summed E-state index contributed by atoms with van der Waals surface area (Å²) in [7, 11) is 0. The van der Waals surface area contributed by atoms with Crippen LogP contribution < -0.4 is 5.32 Å². The second kappa shape index (κ2) is 7.22. The summed E-state index contributed by atoms with van der Waals surface area (Å²) < 4.78 is 27.0. The van der Waals surface area contributed by atoms with Crippen molar-refractivity contribution >= 4 is 6.29 Å². The Morgan fingerprint density at radius 2 is 1.92 bits per heavy atom. The third kappa shape index (κ3) is 3.39. The first-order valence-electron chi connectivity index (χ1n) is 8.28. The number of benzene rings is 2. The number of hydrogen-bond donors (Lipinski definition) is 1. The van der Waals surface area contributed by atoms with Crippen LogP contribution in [0, 0.1) is 17.0 Å². The highest BCUT2D eigenvalue weighted by molar-refractivity contribution is 5.52. The summed E-state index contributed by atoms with van der Waals surface area (Å²) in [5, 5.41) is 3.33. The minimum absolute atomic E-state index is 0.0354. The van der Waals surface area contributed by atoms with Gasteiger partial charge in [-0.2, -0.15) is 0 Å². The van der Waals surface area contributed by atoms with E-state index < -0.39 is 11.6 Å². The number of piperidine rings is 1. The smallest absolute Gasteiger partial charge is 0.159 e. The van der Waals surface area contributed by atoms with Crippen LogP contribution in [0.5, 0.6) is 0 Å². The van der Waals surface area contributed by atoms with Crippen molar-refractivity contribution in [3.05, 3.63) is 71.3 Å². The van der Waals surface area contributed by atoms with Crippen LogP contribution in [0.2, 0.25) is 0 Å². The molecule has 1 fully saturated rings. The summed E-state index contributed by atoms with van der Waals surface area (Å²) in [6, 6.07) is 14.1. The van der Waals surface area contributed by atoms with Crippen LogP contribution in [0.15, 0.2) is 48.5 Å². The fourth-order valence-electron chi connectivity index (χ4n) is 3.87. The molecular weight excluding hydrogens is 308 g/mol. The van der Waals surface area contributed by atoms with Crippen molar-refractivity contribution in [2.45, 2.75) is 25.2 Å². The lowest BCUT2D eigenvalue weighted by Crippen LogP contribution is -2.45. The van der Waals surface area contributed by atoms with E-state index >= 15 is 0 Å². The fraction of sp³-hybridized carbons (Fsp3) is 0.350. The van der Waals surface area contributed by atoms with Gasteiger partial charge in [0.25, 0.3) is 0 Å². The van der Waals surface area contributed by atoms with Gasteiger partial charge in [-0.05, 0) is 48.1 Å². The standard InChI is InChI=1S/C20H21F2NO/c21-18-7-6-16(12-19(18)22)17-14-23-10-8-20(17,9-11-24)13-15-4-2-1-3-5-15/h1-7,11-12,17,23H,8-10,13-14H2/t17-,20+/m1/s1. The van der Waals surface area contributed by atoms with Crippen LogP contribution in [0.4, 0.5) is 8.78 Å². The average Bonchev–Trinajstić information content (AvgIpc) is 2.59. The second-order valence-electron chi connectivity index (χ2n) is 6.58. The lowest BCUT2D eigenvalue weighted by molar-refractivity contribution is -0.110. The minimum atomic E-state index is -0.841. The second-order valence-corrected chi connectivity index (χ2v) is 6.58. The first-order valence-corrected chi connectivity index (χ1v) is 8.28. The molecule has 1 aliphatic heterocycles. The fourth-order valence-corrected chi connectivity index (χ4v) is 3.87. The van der Waals surface area contributed by atoms with Crippen LogP contribution in [-0.2, 0) is 11.2 Å². The van der Waals surface area contributed by atoms with Gasteiger partial charge >= 0.3 is 0 Å². The predicted octanol–water partition coefficient (Wildman–Crippen LogP) is 3.86. The molecular formula is C20H21F2NO. The van der Waals surface area contributed by atoms with Crippen molar-refractivity contribution < 1.29 is 13.6 Å². The number of nitrogens with one attached hydrogen (secondary N) is 1. The number of halogens is 2. The molecule has 3 rings (SSSR count). The quantitative estimate of drug-likeness (QED) is 0.844. The Morgan fingerprint density at radius 3 is 2.62 bits per heavy atom. The highest BCUT2D eigenvalue weighted by Gasteiger charge is 2.41. The first kappa shape index (κ1) is 16.8. The molecule has 0 unspecified atom stereocenters. The van der Waals surface area contributed by atoms with Crippen molar-refractivity contribution in [3.8, 4) is 0 Å². The Balaban J connectivity index is 1.99. The van der Waals surface area contributed by atoms with Gasteiger partial charge in [0, 0.05) is 18.9 Å². The number of carbonyl (C=O) groups is 1. The molecule has 0 aliphatic carbocycles. The van der Waals surface area contributed by atoms with Crippen LogP contribution in [0.1, 0.15) is 29.9 Å². The number of rotatable bonds is 5. The number of carbonyl (C=O) groups excluding carboxylic acids is 1. The van der Waals surface area contributed by atoms with E-state index in [4.69, 9.17) is 0 Å². The SMILES string of the molecule is O=CC[C@]1(Cc2ccccc2)CCNC[C@@H]1c1ccc(F)c(F)c1. The van der Waals surface area contributed by atoms with Gasteiger partial charge in [0.05, 0.1) is 0 Å². The molecule has 0 radical (unpaired) electrons. The number of hydrogen-bond acceptors (Lipinski definition) is 2. The maximum atomic E-state index is 13.7. The molecule has 4 heteroatoms. The van der Waals surface area contributed by atoms with Gasteiger partial charge in [0.2, 0.25) is 0 Å². The largest absolute Gasteiger partial charge is 0.316 e. The van der Waals surface area contributed by atoms with Crippen molar-refractivity contribution in [1.82, 2.24) is 5.32 Å². The van der Waals surface area contributed by atoms with E-state index in [1.54, 1.807) is 6.07 Å². The third-order valence-electron chi connectivity index (χ3n) is 5.12. The van der Waals surface area contributed by atoms with Gasteiger partial charge in [0.15, 0.2) is 11.6 Å². The molecule has 2 aromatic rings. The van der Waals surface area contributed by atoms with Crippen molar-refractivity contribution in [3.63, 3.8) is 0 Å². The van der Waals surface area contributed by atoms with E-state index in [-0.39, 0.29) is 11.3 Å². The Morgan fingerprint density at radius 1 is 1.12 bits per heavy atom. The normalized spacial score (nSPS) is 23.8. The topological polar surface area (TPSA) is 29.1 Å². The van der Waals surface area contributed by atoms with E-state index in [0.29, 0.717) is 13.0 Å². The maximum Gasteiger partial charge on any atom is 0.159 e. The Hall–Kier alpha value is -2.07. The molecule has 0 aromatic heterocycles. The Bertz CT molecular complexity index is 704.